The zero-order chi connectivity index (χ0) is 21.1. The van der Waals surface area contributed by atoms with E-state index in [1.54, 1.807) is 36.4 Å². The molecule has 0 radical (unpaired) electrons. The second kappa shape index (κ2) is 8.81. The first-order valence-corrected chi connectivity index (χ1v) is 11.9. The summed E-state index contributed by atoms with van der Waals surface area (Å²) in [6.45, 7) is 4.14. The molecule has 3 aromatic rings. The Morgan fingerprint density at radius 2 is 1.73 bits per heavy atom. The van der Waals surface area contributed by atoms with Crippen molar-refractivity contribution in [2.75, 3.05) is 26.3 Å². The average Bonchev–Trinajstić information content (AvgIpc) is 3.10. The minimum atomic E-state index is -3.52. The predicted molar refractivity (Wildman–Crippen MR) is 114 cm³/mol. The van der Waals surface area contributed by atoms with Crippen molar-refractivity contribution in [2.45, 2.75) is 18.4 Å². The van der Waals surface area contributed by atoms with Gasteiger partial charge in [0.2, 0.25) is 10.0 Å². The molecule has 0 amide bonds. The average molecular weight is 448 g/mol. The summed E-state index contributed by atoms with van der Waals surface area (Å²) in [5.74, 6) is -0.261. The van der Waals surface area contributed by atoms with Gasteiger partial charge in [0, 0.05) is 24.2 Å². The van der Waals surface area contributed by atoms with Gasteiger partial charge in [-0.1, -0.05) is 12.1 Å². The van der Waals surface area contributed by atoms with Crippen LogP contribution >= 0.6 is 11.3 Å². The lowest BCUT2D eigenvalue weighted by atomic mass is 10.2. The van der Waals surface area contributed by atoms with Gasteiger partial charge in [-0.15, -0.1) is 11.3 Å². The van der Waals surface area contributed by atoms with Crippen LogP contribution in [0, 0.1) is 12.7 Å². The van der Waals surface area contributed by atoms with Gasteiger partial charge >= 0.3 is 0 Å². The van der Waals surface area contributed by atoms with Crippen molar-refractivity contribution >= 4 is 27.0 Å². The molecular formula is C21H22FN3O3S2. The van der Waals surface area contributed by atoms with Crippen LogP contribution in [0.3, 0.4) is 0 Å². The quantitative estimate of drug-likeness (QED) is 0.603. The molecule has 6 nitrogen and oxygen atoms in total. The second-order valence-electron chi connectivity index (χ2n) is 6.99. The molecule has 0 unspecified atom stereocenters. The third-order valence-corrected chi connectivity index (χ3v) is 7.81. The van der Waals surface area contributed by atoms with Gasteiger partial charge in [0.1, 0.15) is 5.82 Å². The molecule has 0 aliphatic carbocycles. The third-order valence-electron chi connectivity index (χ3n) is 4.91. The van der Waals surface area contributed by atoms with Gasteiger partial charge in [-0.05, 0) is 48.9 Å². The summed E-state index contributed by atoms with van der Waals surface area (Å²) >= 11 is 1.51. The molecule has 0 bridgehead atoms. The van der Waals surface area contributed by atoms with Crippen LogP contribution in [-0.4, -0.2) is 43.6 Å². The number of benzene rings is 2. The number of aryl methyl sites for hydroxylation is 1. The minimum absolute atomic E-state index is 0.255. The number of morpholine rings is 1. The van der Waals surface area contributed by atoms with Crippen LogP contribution < -0.4 is 4.80 Å². The second-order valence-corrected chi connectivity index (χ2v) is 9.77. The van der Waals surface area contributed by atoms with Crippen LogP contribution in [0.5, 0.6) is 0 Å². The van der Waals surface area contributed by atoms with Crippen LogP contribution in [-0.2, 0) is 21.3 Å². The zero-order valence-corrected chi connectivity index (χ0v) is 18.1. The molecule has 2 heterocycles. The Hall–Kier alpha value is -2.33. The number of thiazole rings is 1. The molecule has 0 N–H and O–H groups in total. The third kappa shape index (κ3) is 4.54. The van der Waals surface area contributed by atoms with E-state index in [1.807, 2.05) is 12.3 Å². The van der Waals surface area contributed by atoms with E-state index in [0.717, 1.165) is 16.1 Å². The predicted octanol–water partition coefficient (Wildman–Crippen LogP) is 3.30. The first kappa shape index (κ1) is 20.9. The highest BCUT2D eigenvalue weighted by Gasteiger charge is 2.26. The number of sulfonamides is 1. The van der Waals surface area contributed by atoms with Gasteiger partial charge in [-0.3, -0.25) is 0 Å². The highest BCUT2D eigenvalue weighted by Crippen LogP contribution is 2.21. The van der Waals surface area contributed by atoms with E-state index in [2.05, 4.69) is 4.57 Å². The Bertz CT molecular complexity index is 1180. The van der Waals surface area contributed by atoms with Crippen molar-refractivity contribution in [1.29, 1.82) is 0 Å². The molecule has 4 rings (SSSR count). The summed E-state index contributed by atoms with van der Waals surface area (Å²) < 4.78 is 47.4. The Labute approximate surface area is 178 Å². The van der Waals surface area contributed by atoms with E-state index < -0.39 is 10.0 Å². The molecular weight excluding hydrogens is 425 g/mol. The minimum Gasteiger partial charge on any atom is -0.379 e. The molecule has 1 saturated heterocycles. The van der Waals surface area contributed by atoms with Crippen molar-refractivity contribution < 1.29 is 17.5 Å². The lowest BCUT2D eigenvalue weighted by Gasteiger charge is -2.26. The molecule has 1 fully saturated rings. The van der Waals surface area contributed by atoms with Crippen LogP contribution in [0.4, 0.5) is 10.1 Å². The van der Waals surface area contributed by atoms with E-state index in [-0.39, 0.29) is 10.7 Å². The maximum atomic E-state index is 13.2. The highest BCUT2D eigenvalue weighted by molar-refractivity contribution is 7.89. The van der Waals surface area contributed by atoms with Gasteiger partial charge in [0.15, 0.2) is 4.80 Å². The first-order valence-electron chi connectivity index (χ1n) is 9.55. The fourth-order valence-electron chi connectivity index (χ4n) is 3.21. The largest absolute Gasteiger partial charge is 0.379 e. The van der Waals surface area contributed by atoms with Crippen LogP contribution in [0.15, 0.2) is 63.8 Å². The Morgan fingerprint density at radius 1 is 1.07 bits per heavy atom. The topological polar surface area (TPSA) is 63.9 Å². The van der Waals surface area contributed by atoms with Gasteiger partial charge in [-0.25, -0.2) is 17.8 Å². The van der Waals surface area contributed by atoms with E-state index in [4.69, 9.17) is 9.73 Å². The maximum Gasteiger partial charge on any atom is 0.243 e. The van der Waals surface area contributed by atoms with Crippen LogP contribution in [0.2, 0.25) is 0 Å². The van der Waals surface area contributed by atoms with Crippen LogP contribution in [0.25, 0.3) is 0 Å². The van der Waals surface area contributed by atoms with E-state index in [9.17, 15) is 12.8 Å². The summed E-state index contributed by atoms with van der Waals surface area (Å²) in [7, 11) is -3.52. The molecule has 30 heavy (non-hydrogen) atoms. The normalized spacial score (nSPS) is 16.1. The SMILES string of the molecule is Cc1csc(=Nc2ccc(S(=O)(=O)N3CCOCC3)cc2)n1Cc1ccc(F)cc1. The molecule has 1 aliphatic rings. The summed E-state index contributed by atoms with van der Waals surface area (Å²) in [6, 6.07) is 13.0. The number of rotatable bonds is 5. The standard InChI is InChI=1S/C21H22FN3O3S2/c1-16-15-29-21(25(16)14-17-2-4-18(22)5-3-17)23-19-6-8-20(9-7-19)30(26,27)24-10-12-28-13-11-24/h2-9,15H,10-14H2,1H3. The molecule has 0 saturated carbocycles. The highest BCUT2D eigenvalue weighted by atomic mass is 32.2. The van der Waals surface area contributed by atoms with Gasteiger partial charge < -0.3 is 9.30 Å². The van der Waals surface area contributed by atoms with Crippen molar-refractivity contribution in [1.82, 2.24) is 8.87 Å². The number of nitrogens with zero attached hydrogens (tertiary/aromatic N) is 3. The maximum absolute atomic E-state index is 13.2. The molecule has 1 aromatic heterocycles. The zero-order valence-electron chi connectivity index (χ0n) is 16.5. The molecule has 2 aromatic carbocycles. The Balaban J connectivity index is 1.59. The van der Waals surface area contributed by atoms with E-state index in [0.29, 0.717) is 38.5 Å². The number of aromatic nitrogens is 1. The van der Waals surface area contributed by atoms with Crippen molar-refractivity contribution in [3.05, 3.63) is 75.8 Å². The molecule has 9 heteroatoms. The molecule has 0 spiro atoms. The Morgan fingerprint density at radius 3 is 2.40 bits per heavy atom. The summed E-state index contributed by atoms with van der Waals surface area (Å²) in [4.78, 5) is 5.74. The lowest BCUT2D eigenvalue weighted by Crippen LogP contribution is -2.40. The van der Waals surface area contributed by atoms with E-state index in [1.165, 1.54) is 27.8 Å². The summed E-state index contributed by atoms with van der Waals surface area (Å²) in [6.07, 6.45) is 0. The van der Waals surface area contributed by atoms with Crippen molar-refractivity contribution in [2.24, 2.45) is 4.99 Å². The van der Waals surface area contributed by atoms with Crippen molar-refractivity contribution in [3.8, 4) is 0 Å². The fraction of sp³-hybridized carbons (Fsp3) is 0.286. The number of hydrogen-bond donors (Lipinski definition) is 0. The van der Waals surface area contributed by atoms with E-state index >= 15 is 0 Å². The first-order chi connectivity index (χ1) is 14.4. The fourth-order valence-corrected chi connectivity index (χ4v) is 5.51. The monoisotopic (exact) mass is 447 g/mol. The van der Waals surface area contributed by atoms with Crippen molar-refractivity contribution in [3.63, 3.8) is 0 Å². The smallest absolute Gasteiger partial charge is 0.243 e. The van der Waals surface area contributed by atoms with Crippen LogP contribution in [0.1, 0.15) is 11.3 Å². The number of ether oxygens (including phenoxy) is 1. The van der Waals surface area contributed by atoms with Gasteiger partial charge in [0.25, 0.3) is 0 Å². The number of halogens is 1. The lowest BCUT2D eigenvalue weighted by molar-refractivity contribution is 0.0730. The Kier molecular flexibility index (Phi) is 6.14. The van der Waals surface area contributed by atoms with Gasteiger partial charge in [0.05, 0.1) is 30.3 Å². The summed E-state index contributed by atoms with van der Waals surface area (Å²) in [5.41, 5.74) is 2.70. The van der Waals surface area contributed by atoms with Gasteiger partial charge in [-0.2, -0.15) is 4.31 Å². The number of hydrogen-bond acceptors (Lipinski definition) is 5. The molecule has 158 valence electrons. The molecule has 1 aliphatic heterocycles. The summed E-state index contributed by atoms with van der Waals surface area (Å²) in [5, 5.41) is 2.01. The molecule has 0 atom stereocenters.